The monoisotopic (exact) mass is 364 g/mol. The van der Waals surface area contributed by atoms with E-state index in [1.807, 2.05) is 0 Å². The molecular formula is C12H14BrFN2O3S. The molecule has 0 aromatic heterocycles. The molecule has 1 N–H and O–H groups in total. The SMILES string of the molecule is CS(=O)(=O)c1cc(Br)cc(C(=O)N2CCNCC2)c1F. The lowest BCUT2D eigenvalue weighted by Gasteiger charge is -2.27. The van der Waals surface area contributed by atoms with E-state index in [2.05, 4.69) is 21.2 Å². The molecule has 0 atom stereocenters. The zero-order valence-corrected chi connectivity index (χ0v) is 13.2. The fraction of sp³-hybridized carbons (Fsp3) is 0.417. The van der Waals surface area contributed by atoms with Gasteiger partial charge in [0.2, 0.25) is 0 Å². The lowest BCUT2D eigenvalue weighted by atomic mass is 10.1. The minimum Gasteiger partial charge on any atom is -0.336 e. The predicted octanol–water partition coefficient (Wildman–Crippen LogP) is 1.04. The van der Waals surface area contributed by atoms with Gasteiger partial charge in [0, 0.05) is 36.9 Å². The van der Waals surface area contributed by atoms with Gasteiger partial charge >= 0.3 is 0 Å². The first kappa shape index (κ1) is 15.4. The van der Waals surface area contributed by atoms with Crippen molar-refractivity contribution >= 4 is 31.7 Å². The van der Waals surface area contributed by atoms with Crippen molar-refractivity contribution in [1.82, 2.24) is 10.2 Å². The summed E-state index contributed by atoms with van der Waals surface area (Å²) in [5.41, 5.74) is -0.221. The maximum absolute atomic E-state index is 14.3. The molecule has 5 nitrogen and oxygen atoms in total. The van der Waals surface area contributed by atoms with Crippen LogP contribution in [0.4, 0.5) is 4.39 Å². The third-order valence-corrected chi connectivity index (χ3v) is 4.59. The minimum atomic E-state index is -3.73. The normalized spacial score (nSPS) is 16.2. The van der Waals surface area contributed by atoms with Crippen LogP contribution in [0.25, 0.3) is 0 Å². The highest BCUT2D eigenvalue weighted by Crippen LogP contribution is 2.25. The van der Waals surface area contributed by atoms with E-state index in [9.17, 15) is 17.6 Å². The van der Waals surface area contributed by atoms with Gasteiger partial charge in [-0.05, 0) is 12.1 Å². The van der Waals surface area contributed by atoms with E-state index in [0.29, 0.717) is 30.7 Å². The number of hydrogen-bond acceptors (Lipinski definition) is 4. The number of nitrogens with zero attached hydrogens (tertiary/aromatic N) is 1. The summed E-state index contributed by atoms with van der Waals surface area (Å²) in [6, 6.07) is 2.48. The molecule has 0 radical (unpaired) electrons. The number of hydrogen-bond donors (Lipinski definition) is 1. The zero-order valence-electron chi connectivity index (χ0n) is 10.8. The van der Waals surface area contributed by atoms with Crippen LogP contribution in [0.5, 0.6) is 0 Å². The molecule has 1 aliphatic heterocycles. The number of benzene rings is 1. The van der Waals surface area contributed by atoms with Crippen molar-refractivity contribution in [2.24, 2.45) is 0 Å². The number of rotatable bonds is 2. The molecule has 1 fully saturated rings. The van der Waals surface area contributed by atoms with Gasteiger partial charge in [-0.25, -0.2) is 12.8 Å². The number of amides is 1. The second-order valence-electron chi connectivity index (χ2n) is 4.58. The molecule has 1 saturated heterocycles. The Labute approximate surface area is 125 Å². The van der Waals surface area contributed by atoms with Crippen molar-refractivity contribution in [2.75, 3.05) is 32.4 Å². The van der Waals surface area contributed by atoms with Crippen LogP contribution >= 0.6 is 15.9 Å². The van der Waals surface area contributed by atoms with Crippen LogP contribution < -0.4 is 5.32 Å². The predicted molar refractivity (Wildman–Crippen MR) is 76.0 cm³/mol. The van der Waals surface area contributed by atoms with Crippen molar-refractivity contribution in [3.63, 3.8) is 0 Å². The zero-order chi connectivity index (χ0) is 14.9. The molecule has 110 valence electrons. The molecule has 0 bridgehead atoms. The molecule has 1 aromatic carbocycles. The van der Waals surface area contributed by atoms with Crippen molar-refractivity contribution in [1.29, 1.82) is 0 Å². The number of piperazine rings is 1. The van der Waals surface area contributed by atoms with Gasteiger partial charge in [-0.1, -0.05) is 15.9 Å². The third kappa shape index (κ3) is 3.18. The summed E-state index contributed by atoms with van der Waals surface area (Å²) in [4.78, 5) is 13.3. The molecule has 0 aliphatic carbocycles. The van der Waals surface area contributed by atoms with E-state index < -0.39 is 26.5 Å². The average molecular weight is 365 g/mol. The van der Waals surface area contributed by atoms with Gasteiger partial charge < -0.3 is 10.2 Å². The number of carbonyl (C=O) groups excluding carboxylic acids is 1. The molecule has 1 heterocycles. The summed E-state index contributed by atoms with van der Waals surface area (Å²) in [6.07, 6.45) is 0.914. The quantitative estimate of drug-likeness (QED) is 0.851. The van der Waals surface area contributed by atoms with E-state index in [1.165, 1.54) is 17.0 Å². The van der Waals surface area contributed by atoms with E-state index in [-0.39, 0.29) is 5.56 Å². The molecule has 0 unspecified atom stereocenters. The lowest BCUT2D eigenvalue weighted by molar-refractivity contribution is 0.0730. The maximum atomic E-state index is 14.3. The summed E-state index contributed by atoms with van der Waals surface area (Å²) in [5, 5.41) is 3.09. The van der Waals surface area contributed by atoms with Gasteiger partial charge in [0.15, 0.2) is 15.7 Å². The Hall–Kier alpha value is -0.990. The first-order chi connectivity index (χ1) is 9.30. The number of carbonyl (C=O) groups is 1. The van der Waals surface area contributed by atoms with Crippen LogP contribution in [0.3, 0.4) is 0 Å². The number of halogens is 2. The van der Waals surface area contributed by atoms with Gasteiger partial charge in [0.05, 0.1) is 5.56 Å². The molecule has 1 aliphatic rings. The van der Waals surface area contributed by atoms with Crippen LogP contribution in [0.2, 0.25) is 0 Å². The average Bonchev–Trinajstić information content (AvgIpc) is 2.40. The van der Waals surface area contributed by atoms with Crippen LogP contribution in [-0.2, 0) is 9.84 Å². The van der Waals surface area contributed by atoms with Crippen molar-refractivity contribution in [3.8, 4) is 0 Å². The summed E-state index contributed by atoms with van der Waals surface area (Å²) in [7, 11) is -3.73. The Morgan fingerprint density at radius 2 is 1.95 bits per heavy atom. The van der Waals surface area contributed by atoms with E-state index in [1.54, 1.807) is 0 Å². The maximum Gasteiger partial charge on any atom is 0.257 e. The fourth-order valence-electron chi connectivity index (χ4n) is 2.03. The smallest absolute Gasteiger partial charge is 0.257 e. The van der Waals surface area contributed by atoms with Crippen LogP contribution in [0.1, 0.15) is 10.4 Å². The second kappa shape index (κ2) is 5.79. The van der Waals surface area contributed by atoms with Crippen LogP contribution in [-0.4, -0.2) is 51.7 Å². The minimum absolute atomic E-state index is 0.221. The lowest BCUT2D eigenvalue weighted by Crippen LogP contribution is -2.46. The van der Waals surface area contributed by atoms with Crippen molar-refractivity contribution in [2.45, 2.75) is 4.90 Å². The Balaban J connectivity index is 2.46. The van der Waals surface area contributed by atoms with Crippen LogP contribution in [0.15, 0.2) is 21.5 Å². The summed E-state index contributed by atoms with van der Waals surface area (Å²) < 4.78 is 37.8. The first-order valence-electron chi connectivity index (χ1n) is 6.00. The topological polar surface area (TPSA) is 66.5 Å². The van der Waals surface area contributed by atoms with Gasteiger partial charge in [-0.2, -0.15) is 0 Å². The molecule has 0 spiro atoms. The highest BCUT2D eigenvalue weighted by Gasteiger charge is 2.26. The van der Waals surface area contributed by atoms with Crippen molar-refractivity contribution < 1.29 is 17.6 Å². The Morgan fingerprint density at radius 3 is 2.50 bits per heavy atom. The molecule has 8 heteroatoms. The van der Waals surface area contributed by atoms with Crippen molar-refractivity contribution in [3.05, 3.63) is 28.0 Å². The molecule has 1 aromatic rings. The molecule has 20 heavy (non-hydrogen) atoms. The number of sulfone groups is 1. The summed E-state index contributed by atoms with van der Waals surface area (Å²) in [6.45, 7) is 2.22. The van der Waals surface area contributed by atoms with Crippen LogP contribution in [0, 0.1) is 5.82 Å². The first-order valence-corrected chi connectivity index (χ1v) is 8.68. The highest BCUT2D eigenvalue weighted by atomic mass is 79.9. The summed E-state index contributed by atoms with van der Waals surface area (Å²) in [5.74, 6) is -1.48. The van der Waals surface area contributed by atoms with E-state index in [0.717, 1.165) is 6.26 Å². The largest absolute Gasteiger partial charge is 0.336 e. The Bertz CT molecular complexity index is 642. The Kier molecular flexibility index (Phi) is 4.46. The van der Waals surface area contributed by atoms with Gasteiger partial charge in [-0.3, -0.25) is 4.79 Å². The molecule has 1 amide bonds. The second-order valence-corrected chi connectivity index (χ2v) is 7.48. The fourth-order valence-corrected chi connectivity index (χ4v) is 3.41. The third-order valence-electron chi connectivity index (χ3n) is 3.04. The van der Waals surface area contributed by atoms with Gasteiger partial charge in [-0.15, -0.1) is 0 Å². The summed E-state index contributed by atoms with van der Waals surface area (Å²) >= 11 is 3.12. The molecule has 0 saturated carbocycles. The number of nitrogens with one attached hydrogen (secondary N) is 1. The van der Waals surface area contributed by atoms with E-state index >= 15 is 0 Å². The standard InChI is InChI=1S/C12H14BrFN2O3S/c1-20(18,19)10-7-8(13)6-9(11(10)14)12(17)16-4-2-15-3-5-16/h6-7,15H,2-5H2,1H3. The molecular weight excluding hydrogens is 351 g/mol. The van der Waals surface area contributed by atoms with Gasteiger partial charge in [0.25, 0.3) is 5.91 Å². The molecule has 2 rings (SSSR count). The van der Waals surface area contributed by atoms with E-state index in [4.69, 9.17) is 0 Å². The highest BCUT2D eigenvalue weighted by molar-refractivity contribution is 9.10. The Morgan fingerprint density at radius 1 is 1.35 bits per heavy atom. The van der Waals surface area contributed by atoms with Gasteiger partial charge in [0.1, 0.15) is 4.90 Å².